The highest BCUT2D eigenvalue weighted by Crippen LogP contribution is 2.28. The Labute approximate surface area is 180 Å². The summed E-state index contributed by atoms with van der Waals surface area (Å²) in [6.07, 6.45) is -0.729. The number of ether oxygens (including phenoxy) is 1. The van der Waals surface area contributed by atoms with Crippen molar-refractivity contribution in [1.29, 1.82) is 0 Å². The molecule has 0 unspecified atom stereocenters. The molecule has 2 aromatic rings. The van der Waals surface area contributed by atoms with Gasteiger partial charge in [-0.3, -0.25) is 9.59 Å². The number of amides is 2. The Morgan fingerprint density at radius 3 is 2.28 bits per heavy atom. The SMILES string of the molecule is CC(=O)N1CCN(c2ccc(NC(=O)[C@@H](C)Oc3ccc(Cl)cc3Cl)cc2)CC1. The van der Waals surface area contributed by atoms with Crippen LogP contribution in [0.3, 0.4) is 0 Å². The second-order valence-corrected chi connectivity index (χ2v) is 7.71. The first kappa shape index (κ1) is 21.3. The summed E-state index contributed by atoms with van der Waals surface area (Å²) in [6, 6.07) is 12.5. The lowest BCUT2D eigenvalue weighted by Gasteiger charge is -2.35. The second kappa shape index (κ2) is 9.37. The van der Waals surface area contributed by atoms with Crippen molar-refractivity contribution in [3.8, 4) is 5.75 Å². The number of rotatable bonds is 5. The molecular formula is C21H23Cl2N3O3. The Kier molecular flexibility index (Phi) is 6.87. The molecule has 1 atom stereocenters. The van der Waals surface area contributed by atoms with Crippen LogP contribution in [0, 0.1) is 0 Å². The van der Waals surface area contributed by atoms with Crippen LogP contribution in [-0.2, 0) is 9.59 Å². The van der Waals surface area contributed by atoms with Crippen LogP contribution >= 0.6 is 23.2 Å². The number of nitrogens with zero attached hydrogens (tertiary/aromatic N) is 2. The van der Waals surface area contributed by atoms with Gasteiger partial charge in [0.1, 0.15) is 5.75 Å². The summed E-state index contributed by atoms with van der Waals surface area (Å²) >= 11 is 12.0. The fourth-order valence-corrected chi connectivity index (χ4v) is 3.55. The normalized spacial score (nSPS) is 15.0. The molecule has 1 aliphatic heterocycles. The average Bonchev–Trinajstić information content (AvgIpc) is 2.70. The number of piperazine rings is 1. The average molecular weight is 436 g/mol. The molecule has 2 amide bonds. The third-order valence-electron chi connectivity index (χ3n) is 4.79. The fraction of sp³-hybridized carbons (Fsp3) is 0.333. The van der Waals surface area contributed by atoms with Gasteiger partial charge in [-0.2, -0.15) is 0 Å². The molecule has 1 heterocycles. The van der Waals surface area contributed by atoms with E-state index in [9.17, 15) is 9.59 Å². The van der Waals surface area contributed by atoms with E-state index in [0.717, 1.165) is 31.9 Å². The number of hydrogen-bond acceptors (Lipinski definition) is 4. The van der Waals surface area contributed by atoms with Crippen LogP contribution in [0.15, 0.2) is 42.5 Å². The van der Waals surface area contributed by atoms with Gasteiger partial charge in [-0.15, -0.1) is 0 Å². The summed E-state index contributed by atoms with van der Waals surface area (Å²) in [5, 5.41) is 3.70. The summed E-state index contributed by atoms with van der Waals surface area (Å²) < 4.78 is 5.64. The van der Waals surface area contributed by atoms with E-state index in [1.807, 2.05) is 29.2 Å². The summed E-state index contributed by atoms with van der Waals surface area (Å²) in [6.45, 7) is 6.27. The van der Waals surface area contributed by atoms with Gasteiger partial charge in [-0.05, 0) is 49.4 Å². The maximum absolute atomic E-state index is 12.4. The highest BCUT2D eigenvalue weighted by molar-refractivity contribution is 6.35. The minimum atomic E-state index is -0.729. The molecule has 1 fully saturated rings. The lowest BCUT2D eigenvalue weighted by molar-refractivity contribution is -0.129. The summed E-state index contributed by atoms with van der Waals surface area (Å²) in [7, 11) is 0. The standard InChI is InChI=1S/C21H23Cl2N3O3/c1-14(29-20-8-3-16(22)13-19(20)23)21(28)24-17-4-6-18(7-5-17)26-11-9-25(10-12-26)15(2)27/h3-8,13-14H,9-12H2,1-2H3,(H,24,28)/t14-/m1/s1. The lowest BCUT2D eigenvalue weighted by atomic mass is 10.2. The topological polar surface area (TPSA) is 61.9 Å². The Balaban J connectivity index is 1.55. The van der Waals surface area contributed by atoms with Crippen molar-refractivity contribution in [1.82, 2.24) is 4.90 Å². The molecule has 1 saturated heterocycles. The molecule has 2 aromatic carbocycles. The summed E-state index contributed by atoms with van der Waals surface area (Å²) in [4.78, 5) is 27.9. The van der Waals surface area contributed by atoms with Crippen LogP contribution in [0.4, 0.5) is 11.4 Å². The molecule has 0 aliphatic carbocycles. The van der Waals surface area contributed by atoms with Crippen molar-refractivity contribution in [2.75, 3.05) is 36.4 Å². The van der Waals surface area contributed by atoms with Gasteiger partial charge in [0, 0.05) is 49.5 Å². The smallest absolute Gasteiger partial charge is 0.265 e. The van der Waals surface area contributed by atoms with Crippen molar-refractivity contribution < 1.29 is 14.3 Å². The monoisotopic (exact) mass is 435 g/mol. The molecular weight excluding hydrogens is 413 g/mol. The largest absolute Gasteiger partial charge is 0.479 e. The van der Waals surface area contributed by atoms with Crippen LogP contribution in [0.25, 0.3) is 0 Å². The fourth-order valence-electron chi connectivity index (χ4n) is 3.09. The van der Waals surface area contributed by atoms with E-state index in [-0.39, 0.29) is 11.8 Å². The van der Waals surface area contributed by atoms with Gasteiger partial charge < -0.3 is 19.9 Å². The first-order chi connectivity index (χ1) is 13.8. The Bertz CT molecular complexity index is 881. The van der Waals surface area contributed by atoms with Crippen LogP contribution < -0.4 is 15.0 Å². The number of anilines is 2. The number of benzene rings is 2. The van der Waals surface area contributed by atoms with Gasteiger partial charge in [-0.1, -0.05) is 23.2 Å². The van der Waals surface area contributed by atoms with E-state index in [0.29, 0.717) is 21.5 Å². The number of carbonyl (C=O) groups excluding carboxylic acids is 2. The first-order valence-electron chi connectivity index (χ1n) is 9.36. The molecule has 0 spiro atoms. The van der Waals surface area contributed by atoms with Crippen molar-refractivity contribution in [3.63, 3.8) is 0 Å². The molecule has 0 saturated carbocycles. The van der Waals surface area contributed by atoms with Gasteiger partial charge in [0.25, 0.3) is 5.91 Å². The number of nitrogens with one attached hydrogen (secondary N) is 1. The minimum absolute atomic E-state index is 0.110. The second-order valence-electron chi connectivity index (χ2n) is 6.86. The predicted molar refractivity (Wildman–Crippen MR) is 116 cm³/mol. The summed E-state index contributed by atoms with van der Waals surface area (Å²) in [5.74, 6) is 0.233. The van der Waals surface area contributed by atoms with E-state index in [1.54, 1.807) is 32.0 Å². The van der Waals surface area contributed by atoms with E-state index in [4.69, 9.17) is 27.9 Å². The van der Waals surface area contributed by atoms with Gasteiger partial charge in [0.2, 0.25) is 5.91 Å². The molecule has 1 N–H and O–H groups in total. The maximum atomic E-state index is 12.4. The lowest BCUT2D eigenvalue weighted by Crippen LogP contribution is -2.48. The van der Waals surface area contributed by atoms with E-state index >= 15 is 0 Å². The molecule has 8 heteroatoms. The van der Waals surface area contributed by atoms with E-state index in [2.05, 4.69) is 10.2 Å². The van der Waals surface area contributed by atoms with Gasteiger partial charge in [-0.25, -0.2) is 0 Å². The van der Waals surface area contributed by atoms with Gasteiger partial charge in [0.05, 0.1) is 5.02 Å². The van der Waals surface area contributed by atoms with Crippen LogP contribution in [0.2, 0.25) is 10.0 Å². The van der Waals surface area contributed by atoms with Crippen molar-refractivity contribution in [2.24, 2.45) is 0 Å². The quantitative estimate of drug-likeness (QED) is 0.768. The molecule has 29 heavy (non-hydrogen) atoms. The predicted octanol–water partition coefficient (Wildman–Crippen LogP) is 4.07. The number of hydrogen-bond donors (Lipinski definition) is 1. The summed E-state index contributed by atoms with van der Waals surface area (Å²) in [5.41, 5.74) is 1.74. The molecule has 0 aromatic heterocycles. The van der Waals surface area contributed by atoms with Crippen molar-refractivity contribution in [3.05, 3.63) is 52.5 Å². The van der Waals surface area contributed by atoms with Crippen LogP contribution in [-0.4, -0.2) is 49.0 Å². The molecule has 0 radical (unpaired) electrons. The molecule has 1 aliphatic rings. The van der Waals surface area contributed by atoms with Crippen molar-refractivity contribution in [2.45, 2.75) is 20.0 Å². The molecule has 0 bridgehead atoms. The van der Waals surface area contributed by atoms with Crippen molar-refractivity contribution >= 4 is 46.4 Å². The first-order valence-corrected chi connectivity index (χ1v) is 10.1. The third-order valence-corrected chi connectivity index (χ3v) is 5.32. The molecule has 3 rings (SSSR count). The van der Waals surface area contributed by atoms with E-state index < -0.39 is 6.10 Å². The zero-order chi connectivity index (χ0) is 21.0. The maximum Gasteiger partial charge on any atom is 0.265 e. The van der Waals surface area contributed by atoms with Crippen LogP contribution in [0.1, 0.15) is 13.8 Å². The Morgan fingerprint density at radius 1 is 1.03 bits per heavy atom. The van der Waals surface area contributed by atoms with Gasteiger partial charge >= 0.3 is 0 Å². The van der Waals surface area contributed by atoms with Gasteiger partial charge in [0.15, 0.2) is 6.10 Å². The minimum Gasteiger partial charge on any atom is -0.479 e. The van der Waals surface area contributed by atoms with Crippen LogP contribution in [0.5, 0.6) is 5.75 Å². The number of halogens is 2. The van der Waals surface area contributed by atoms with E-state index in [1.165, 1.54) is 0 Å². The zero-order valence-electron chi connectivity index (χ0n) is 16.3. The molecule has 154 valence electrons. The third kappa shape index (κ3) is 5.55. The zero-order valence-corrected chi connectivity index (χ0v) is 17.8. The number of carbonyl (C=O) groups is 2. The highest BCUT2D eigenvalue weighted by Gasteiger charge is 2.19. The molecule has 6 nitrogen and oxygen atoms in total. The highest BCUT2D eigenvalue weighted by atomic mass is 35.5. The Hall–Kier alpha value is -2.44. The Morgan fingerprint density at radius 2 is 1.69 bits per heavy atom.